The van der Waals surface area contributed by atoms with Crippen LogP contribution in [0.4, 0.5) is 19.0 Å². The van der Waals surface area contributed by atoms with Gasteiger partial charge in [-0.15, -0.1) is 0 Å². The Morgan fingerprint density at radius 1 is 0.983 bits per heavy atom. The van der Waals surface area contributed by atoms with Gasteiger partial charge in [-0.1, -0.05) is 13.0 Å². The van der Waals surface area contributed by atoms with Crippen LogP contribution in [-0.2, 0) is 22.1 Å². The number of piperidine rings is 1. The normalized spacial score (nSPS) is 34.8. The molecule has 2 saturated carbocycles. The molecular weight excluding hydrogens is 768 g/mol. The van der Waals surface area contributed by atoms with Gasteiger partial charge in [-0.05, 0) is 110 Å². The van der Waals surface area contributed by atoms with Crippen molar-refractivity contribution in [1.29, 1.82) is 0 Å². The van der Waals surface area contributed by atoms with Crippen molar-refractivity contribution in [3.63, 3.8) is 0 Å². The molecule has 3 saturated heterocycles. The number of hydrogen-bond acceptors (Lipinski definition) is 12. The van der Waals surface area contributed by atoms with Crippen molar-refractivity contribution in [3.05, 3.63) is 47.4 Å². The van der Waals surface area contributed by atoms with Gasteiger partial charge in [-0.3, -0.25) is 24.5 Å². The molecule has 0 spiro atoms. The first-order valence-corrected chi connectivity index (χ1v) is 21.9. The molecule has 1 aromatic carbocycles. The molecule has 0 bridgehead atoms. The number of nitrogens with zero attached hydrogens (tertiary/aromatic N) is 5. The predicted molar refractivity (Wildman–Crippen MR) is 214 cm³/mol. The summed E-state index contributed by atoms with van der Waals surface area (Å²) in [5.41, 5.74) is 1.50. The van der Waals surface area contributed by atoms with Crippen molar-refractivity contribution in [1.82, 2.24) is 30.0 Å². The van der Waals surface area contributed by atoms with E-state index in [1.165, 1.54) is 11.1 Å². The number of ether oxygens (including phenoxy) is 1. The molecule has 59 heavy (non-hydrogen) atoms. The molecule has 8 rings (SSSR count). The van der Waals surface area contributed by atoms with Crippen molar-refractivity contribution >= 4 is 11.7 Å². The van der Waals surface area contributed by atoms with E-state index in [-0.39, 0.29) is 29.9 Å². The zero-order chi connectivity index (χ0) is 41.5. The van der Waals surface area contributed by atoms with Gasteiger partial charge >= 0.3 is 6.18 Å². The van der Waals surface area contributed by atoms with Crippen molar-refractivity contribution in [2.24, 2.45) is 23.2 Å². The Labute approximate surface area is 344 Å². The summed E-state index contributed by atoms with van der Waals surface area (Å²) in [4.78, 5) is 27.2. The van der Waals surface area contributed by atoms with E-state index in [9.17, 15) is 38.4 Å². The highest BCUT2D eigenvalue weighted by atomic mass is 19.4. The average Bonchev–Trinajstić information content (AvgIpc) is 3.52. The number of fused-ring (bicyclic) bond motifs is 5. The van der Waals surface area contributed by atoms with E-state index in [2.05, 4.69) is 48.3 Å². The summed E-state index contributed by atoms with van der Waals surface area (Å²) in [6, 6.07) is 5.51. The number of nitrogens with one attached hydrogen (secondary N) is 2. The second-order valence-electron chi connectivity index (χ2n) is 18.5. The highest BCUT2D eigenvalue weighted by Crippen LogP contribution is 2.62. The molecule has 4 heterocycles. The van der Waals surface area contributed by atoms with E-state index in [0.717, 1.165) is 103 Å². The van der Waals surface area contributed by atoms with E-state index < -0.39 is 36.2 Å². The van der Waals surface area contributed by atoms with Gasteiger partial charge in [-0.2, -0.15) is 13.2 Å². The molecule has 5 fully saturated rings. The topological polar surface area (TPSA) is 167 Å². The number of alkyl halides is 3. The third-order valence-corrected chi connectivity index (χ3v) is 15.1. The minimum absolute atomic E-state index is 0.00670. The van der Waals surface area contributed by atoms with E-state index in [0.29, 0.717) is 61.3 Å². The summed E-state index contributed by atoms with van der Waals surface area (Å²) in [5, 5.41) is 48.9. The Morgan fingerprint density at radius 2 is 1.76 bits per heavy atom. The fourth-order valence-electron chi connectivity index (χ4n) is 11.8. The molecule has 3 aliphatic carbocycles. The maximum atomic E-state index is 13.1. The van der Waals surface area contributed by atoms with E-state index >= 15 is 0 Å². The number of phenols is 1. The number of rotatable bonds is 11. The monoisotopic (exact) mass is 829 g/mol. The summed E-state index contributed by atoms with van der Waals surface area (Å²) in [7, 11) is 0. The Bertz CT molecular complexity index is 1760. The summed E-state index contributed by atoms with van der Waals surface area (Å²) in [5.74, 6) is 2.21. The number of aromatic nitrogens is 2. The molecule has 3 aliphatic heterocycles. The van der Waals surface area contributed by atoms with Crippen LogP contribution >= 0.6 is 0 Å². The van der Waals surface area contributed by atoms with E-state index in [4.69, 9.17) is 4.74 Å². The Morgan fingerprint density at radius 3 is 2.53 bits per heavy atom. The summed E-state index contributed by atoms with van der Waals surface area (Å²) in [6.07, 6.45) is 2.71. The van der Waals surface area contributed by atoms with Crippen molar-refractivity contribution < 1.29 is 43.1 Å². The molecular formula is C43H62F3N7O6. The number of aromatic hydroxyl groups is 1. The molecule has 1 aromatic heterocycles. The number of piperazine rings is 1. The fraction of sp³-hybridized carbons (Fsp3) is 0.744. The number of likely N-dealkylation sites (tertiary alicyclic amines) is 1. The first kappa shape index (κ1) is 42.6. The molecule has 6 N–H and O–H groups in total. The number of aliphatic hydroxyl groups is 3. The summed E-state index contributed by atoms with van der Waals surface area (Å²) in [6.45, 7) is 8.81. The second-order valence-corrected chi connectivity index (χ2v) is 18.5. The highest BCUT2D eigenvalue weighted by Gasteiger charge is 2.56. The fourth-order valence-corrected chi connectivity index (χ4v) is 11.8. The molecule has 4 unspecified atom stereocenters. The van der Waals surface area contributed by atoms with Crippen LogP contribution in [0.1, 0.15) is 81.0 Å². The van der Waals surface area contributed by atoms with Crippen LogP contribution in [0.2, 0.25) is 0 Å². The Hall–Kier alpha value is -3.12. The lowest BCUT2D eigenvalue weighted by atomic mass is 9.52. The third-order valence-electron chi connectivity index (χ3n) is 15.1. The van der Waals surface area contributed by atoms with Gasteiger partial charge in [0.25, 0.3) is 0 Å². The molecule has 10 atom stereocenters. The van der Waals surface area contributed by atoms with Crippen LogP contribution in [0.3, 0.4) is 0 Å². The van der Waals surface area contributed by atoms with Gasteiger partial charge < -0.3 is 35.8 Å². The Balaban J connectivity index is 0.730. The number of benzene rings is 1. The lowest BCUT2D eigenvalue weighted by Crippen LogP contribution is -2.60. The first-order chi connectivity index (χ1) is 28.3. The van der Waals surface area contributed by atoms with Gasteiger partial charge in [0, 0.05) is 58.4 Å². The highest BCUT2D eigenvalue weighted by molar-refractivity contribution is 5.78. The van der Waals surface area contributed by atoms with Gasteiger partial charge in [0.1, 0.15) is 23.8 Å². The maximum Gasteiger partial charge on any atom is 0.434 e. The van der Waals surface area contributed by atoms with Gasteiger partial charge in [0.15, 0.2) is 5.69 Å². The number of phenolic OH excluding ortho intramolecular Hbond substituents is 1. The van der Waals surface area contributed by atoms with Gasteiger partial charge in [-0.25, -0.2) is 4.98 Å². The third kappa shape index (κ3) is 9.24. The van der Waals surface area contributed by atoms with Crippen LogP contribution in [0.25, 0.3) is 0 Å². The molecule has 6 aliphatic rings. The number of carbonyl (C=O) groups excluding carboxylic acids is 1. The number of aliphatic hydroxyl groups excluding tert-OH is 3. The minimum atomic E-state index is -4.65. The van der Waals surface area contributed by atoms with Crippen molar-refractivity contribution in [3.8, 4) is 5.75 Å². The summed E-state index contributed by atoms with van der Waals surface area (Å²) < 4.78 is 45.1. The quantitative estimate of drug-likeness (QED) is 0.184. The average molecular weight is 830 g/mol. The zero-order valence-electron chi connectivity index (χ0n) is 34.1. The van der Waals surface area contributed by atoms with Crippen molar-refractivity contribution in [2.75, 3.05) is 70.8 Å². The van der Waals surface area contributed by atoms with Crippen LogP contribution in [0.5, 0.6) is 5.75 Å². The molecule has 326 valence electrons. The first-order valence-electron chi connectivity index (χ1n) is 21.9. The van der Waals surface area contributed by atoms with Crippen molar-refractivity contribution in [2.45, 2.75) is 113 Å². The molecule has 2 aromatic rings. The van der Waals surface area contributed by atoms with E-state index in [1.807, 2.05) is 12.1 Å². The molecule has 16 heteroatoms. The van der Waals surface area contributed by atoms with E-state index in [1.54, 1.807) is 0 Å². The number of carbonyl (C=O) groups is 1. The molecule has 13 nitrogen and oxygen atoms in total. The minimum Gasteiger partial charge on any atom is -0.508 e. The predicted octanol–water partition coefficient (Wildman–Crippen LogP) is 3.22. The second kappa shape index (κ2) is 17.7. The molecule has 1 amide bonds. The smallest absolute Gasteiger partial charge is 0.434 e. The Kier molecular flexibility index (Phi) is 12.8. The van der Waals surface area contributed by atoms with Crippen LogP contribution < -0.4 is 10.6 Å². The van der Waals surface area contributed by atoms with Crippen LogP contribution in [0, 0.1) is 23.2 Å². The van der Waals surface area contributed by atoms with Crippen LogP contribution in [0.15, 0.2) is 30.6 Å². The van der Waals surface area contributed by atoms with Gasteiger partial charge in [0.05, 0.1) is 43.8 Å². The largest absolute Gasteiger partial charge is 0.508 e. The standard InChI is InChI=1S/C43H62F3N7O6/c1-42-11-8-31-30-5-4-29(54)20-27(30)19-26(39(31)32(42)6-7-36(42)55)3-2-12-48-38(56)24-51-13-9-28(10-14-51)53-17-15-52(16-18-53)23-34-41(58)40(57)33(25-59-34)49-37-22-47-21-35(50-37)43(44,45)46/h4-5,20-22,26,28,31-34,36,39-41,54-55,57-58H,2-3,6-19,23-25H2,1H3,(H,48,56)(H,49,50)/t26?,31?,32?,33-,34+,36-,39?,40+,41-,42-/m0/s1. The zero-order valence-corrected chi connectivity index (χ0v) is 34.1. The van der Waals surface area contributed by atoms with Gasteiger partial charge in [0.2, 0.25) is 5.91 Å². The lowest BCUT2D eigenvalue weighted by Gasteiger charge is -2.53. The maximum absolute atomic E-state index is 13.1. The summed E-state index contributed by atoms with van der Waals surface area (Å²) >= 11 is 0. The number of hydrogen-bond donors (Lipinski definition) is 6. The lowest BCUT2D eigenvalue weighted by molar-refractivity contribution is -0.148. The number of anilines is 1. The number of amides is 1. The molecule has 0 radical (unpaired) electrons. The number of halogens is 3. The van der Waals surface area contributed by atoms with Crippen LogP contribution in [-0.4, -0.2) is 153 Å². The SMILES string of the molecule is C[C@]12CCC3c4ccc(O)cc4CC(CCCNC(=O)CN4CCC(N5CCN(C[C@H]6OC[C@H](Nc7cncc(C(F)(F)F)n7)[C@@H](O)[C@H]6O)CC5)CC4)C3C1CC[C@@H]2O.